The minimum absolute atomic E-state index is 0.425. The van der Waals surface area contributed by atoms with Crippen LogP contribution >= 0.6 is 11.6 Å². The van der Waals surface area contributed by atoms with Crippen LogP contribution in [0.1, 0.15) is 0 Å². The second-order valence-corrected chi connectivity index (χ2v) is 1.73. The average Bonchev–Trinajstić information content (AvgIpc) is 1.64. The van der Waals surface area contributed by atoms with Gasteiger partial charge < -0.3 is 5.73 Å². The molecule has 0 aliphatic rings. The lowest BCUT2D eigenvalue weighted by molar-refractivity contribution is 1.33. The summed E-state index contributed by atoms with van der Waals surface area (Å²) in [5, 5.41) is 0.498. The minimum Gasteiger partial charge on any atom is -0.384 e. The summed E-state index contributed by atoms with van der Waals surface area (Å²) >= 11 is 5.47. The van der Waals surface area contributed by atoms with Crippen LogP contribution in [0.3, 0.4) is 0 Å². The summed E-state index contributed by atoms with van der Waals surface area (Å²) in [6.45, 7) is 0. The third-order valence-electron chi connectivity index (χ3n) is 0.691. The fourth-order valence-corrected chi connectivity index (χ4v) is 0.538. The van der Waals surface area contributed by atoms with E-state index >= 15 is 0 Å². The van der Waals surface area contributed by atoms with E-state index in [1.807, 2.05) is 0 Å². The lowest BCUT2D eigenvalue weighted by atomic mass is 10.5. The molecule has 0 spiro atoms. The number of halogens is 1. The van der Waals surface area contributed by atoms with Crippen LogP contribution in [-0.2, 0) is 0 Å². The molecule has 1 radical (unpaired) electrons. The number of anilines is 1. The summed E-state index contributed by atoms with van der Waals surface area (Å²) in [6, 6.07) is 4.19. The second kappa shape index (κ2) is 2.01. The number of aromatic nitrogens is 1. The highest BCUT2D eigenvalue weighted by Gasteiger charge is 1.85. The molecule has 0 saturated carbocycles. The highest BCUT2D eigenvalue weighted by Crippen LogP contribution is 2.06. The largest absolute Gasteiger partial charge is 0.384 e. The third-order valence-corrected chi connectivity index (χ3v) is 0.909. The van der Waals surface area contributed by atoms with Crippen molar-refractivity contribution < 1.29 is 0 Å². The first-order valence-electron chi connectivity index (χ1n) is 2.08. The molecule has 1 rings (SSSR count). The van der Waals surface area contributed by atoms with Gasteiger partial charge in [0, 0.05) is 12.3 Å². The summed E-state index contributed by atoms with van der Waals surface area (Å²) in [5.74, 6) is 0.425. The topological polar surface area (TPSA) is 38.9 Å². The van der Waals surface area contributed by atoms with Crippen molar-refractivity contribution in [3.63, 3.8) is 0 Å². The zero-order valence-electron chi connectivity index (χ0n) is 4.06. The van der Waals surface area contributed by atoms with Gasteiger partial charge in [-0.05, 0) is 6.07 Å². The number of nitrogens with two attached hydrogens (primary N) is 1. The Hall–Kier alpha value is -0.760. The van der Waals surface area contributed by atoms with Crippen LogP contribution in [0.25, 0.3) is 0 Å². The van der Waals surface area contributed by atoms with Gasteiger partial charge in [-0.15, -0.1) is 0 Å². The molecule has 0 amide bonds. The van der Waals surface area contributed by atoms with Gasteiger partial charge in [-0.1, -0.05) is 11.6 Å². The predicted octanol–water partition coefficient (Wildman–Crippen LogP) is 1.12. The summed E-state index contributed by atoms with van der Waals surface area (Å²) in [7, 11) is 0. The van der Waals surface area contributed by atoms with E-state index < -0.39 is 0 Å². The first kappa shape index (κ1) is 5.38. The first-order chi connectivity index (χ1) is 3.79. The average molecular weight is 128 g/mol. The van der Waals surface area contributed by atoms with E-state index in [1.54, 1.807) is 6.07 Å². The van der Waals surface area contributed by atoms with Gasteiger partial charge in [-0.3, -0.25) is 0 Å². The van der Waals surface area contributed by atoms with Gasteiger partial charge in [-0.25, -0.2) is 4.98 Å². The summed E-state index contributed by atoms with van der Waals surface area (Å²) in [4.78, 5) is 3.68. The van der Waals surface area contributed by atoms with Crippen LogP contribution in [0.4, 0.5) is 5.82 Å². The molecule has 0 bridgehead atoms. The highest BCUT2D eigenvalue weighted by atomic mass is 35.5. The minimum atomic E-state index is 0.425. The van der Waals surface area contributed by atoms with Crippen molar-refractivity contribution in [3.8, 4) is 0 Å². The van der Waals surface area contributed by atoms with Crippen molar-refractivity contribution in [1.82, 2.24) is 4.98 Å². The van der Waals surface area contributed by atoms with Crippen LogP contribution in [-0.4, -0.2) is 4.98 Å². The zero-order valence-corrected chi connectivity index (χ0v) is 4.81. The van der Waals surface area contributed by atoms with E-state index in [1.165, 1.54) is 6.20 Å². The Balaban J connectivity index is 3.08. The molecule has 3 heteroatoms. The molecule has 0 atom stereocenters. The third kappa shape index (κ3) is 1.10. The lowest BCUT2D eigenvalue weighted by Crippen LogP contribution is -1.86. The van der Waals surface area contributed by atoms with E-state index in [2.05, 4.69) is 11.1 Å². The molecule has 2 N–H and O–H groups in total. The molecule has 0 aromatic carbocycles. The van der Waals surface area contributed by atoms with Crippen molar-refractivity contribution in [2.45, 2.75) is 0 Å². The Morgan fingerprint density at radius 3 is 2.88 bits per heavy atom. The molecule has 0 aliphatic heterocycles. The molecule has 0 aliphatic carbocycles. The fraction of sp³-hybridized carbons (Fsp3) is 0. The number of nitrogens with zero attached hydrogens (tertiary/aromatic N) is 1. The van der Waals surface area contributed by atoms with E-state index in [4.69, 9.17) is 17.3 Å². The molecule has 1 aromatic rings. The molecular weight excluding hydrogens is 124 g/mol. The predicted molar refractivity (Wildman–Crippen MR) is 32.5 cm³/mol. The molecule has 8 heavy (non-hydrogen) atoms. The summed E-state index contributed by atoms with van der Waals surface area (Å²) in [6.07, 6.45) is 1.44. The van der Waals surface area contributed by atoms with E-state index in [9.17, 15) is 0 Å². The zero-order chi connectivity index (χ0) is 5.98. The number of nitrogen functional groups attached to an aromatic ring is 1. The molecule has 1 aromatic heterocycles. The maximum Gasteiger partial charge on any atom is 0.124 e. The Kier molecular flexibility index (Phi) is 1.35. The van der Waals surface area contributed by atoms with Crippen molar-refractivity contribution in [3.05, 3.63) is 23.4 Å². The van der Waals surface area contributed by atoms with Gasteiger partial charge in [0.05, 0.1) is 5.02 Å². The standard InChI is InChI=1S/C5H4ClN2/c6-4-1-2-8-5(7)3-4/h2-3H,(H2,7,8). The number of hydrogen-bond acceptors (Lipinski definition) is 2. The Labute approximate surface area is 52.3 Å². The van der Waals surface area contributed by atoms with Gasteiger partial charge in [0.1, 0.15) is 5.82 Å². The van der Waals surface area contributed by atoms with Crippen LogP contribution in [0.5, 0.6) is 0 Å². The van der Waals surface area contributed by atoms with Gasteiger partial charge in [0.15, 0.2) is 0 Å². The van der Waals surface area contributed by atoms with E-state index in [0.717, 1.165) is 0 Å². The Morgan fingerprint density at radius 1 is 1.75 bits per heavy atom. The van der Waals surface area contributed by atoms with Gasteiger partial charge in [0.25, 0.3) is 0 Å². The lowest BCUT2D eigenvalue weighted by Gasteiger charge is -1.87. The monoisotopic (exact) mass is 127 g/mol. The van der Waals surface area contributed by atoms with Crippen molar-refractivity contribution in [2.75, 3.05) is 5.73 Å². The first-order valence-corrected chi connectivity index (χ1v) is 2.45. The number of hydrogen-bond donors (Lipinski definition) is 1. The summed E-state index contributed by atoms with van der Waals surface area (Å²) in [5.41, 5.74) is 5.24. The van der Waals surface area contributed by atoms with Gasteiger partial charge in [-0.2, -0.15) is 0 Å². The van der Waals surface area contributed by atoms with Crippen LogP contribution in [0.15, 0.2) is 12.3 Å². The van der Waals surface area contributed by atoms with E-state index in [0.29, 0.717) is 10.8 Å². The molecule has 0 saturated heterocycles. The number of pyridine rings is 1. The van der Waals surface area contributed by atoms with Crippen molar-refractivity contribution in [1.29, 1.82) is 0 Å². The van der Waals surface area contributed by atoms with Crippen LogP contribution < -0.4 is 5.73 Å². The van der Waals surface area contributed by atoms with Gasteiger partial charge >= 0.3 is 0 Å². The van der Waals surface area contributed by atoms with Crippen LogP contribution in [0, 0.1) is 6.07 Å². The maximum absolute atomic E-state index is 5.47. The van der Waals surface area contributed by atoms with E-state index in [-0.39, 0.29) is 0 Å². The molecular formula is C5H4ClN2. The van der Waals surface area contributed by atoms with Crippen molar-refractivity contribution >= 4 is 17.4 Å². The summed E-state index contributed by atoms with van der Waals surface area (Å²) < 4.78 is 0. The normalized spacial score (nSPS) is 9.12. The Morgan fingerprint density at radius 2 is 2.50 bits per heavy atom. The quantitative estimate of drug-likeness (QED) is 0.567. The molecule has 0 fully saturated rings. The molecule has 41 valence electrons. The maximum atomic E-state index is 5.47. The smallest absolute Gasteiger partial charge is 0.124 e. The Bertz CT molecular complexity index is 170. The van der Waals surface area contributed by atoms with Crippen molar-refractivity contribution in [2.24, 2.45) is 0 Å². The van der Waals surface area contributed by atoms with Crippen LogP contribution in [0.2, 0.25) is 5.02 Å². The fourth-order valence-electron chi connectivity index (χ4n) is 0.377. The molecule has 0 unspecified atom stereocenters. The molecule has 1 heterocycles. The highest BCUT2D eigenvalue weighted by molar-refractivity contribution is 6.30. The SMILES string of the molecule is Nc1cc(Cl)[c]cn1. The van der Waals surface area contributed by atoms with Gasteiger partial charge in [0.2, 0.25) is 0 Å². The molecule has 2 nitrogen and oxygen atoms in total. The second-order valence-electron chi connectivity index (χ2n) is 1.32. The number of rotatable bonds is 0.